The van der Waals surface area contributed by atoms with Gasteiger partial charge in [-0.25, -0.2) is 0 Å². The van der Waals surface area contributed by atoms with Gasteiger partial charge in [0.25, 0.3) is 0 Å². The van der Waals surface area contributed by atoms with Gasteiger partial charge in [0.1, 0.15) is 5.75 Å². The highest BCUT2D eigenvalue weighted by Gasteiger charge is 2.23. The first kappa shape index (κ1) is 16.4. The molecule has 3 rings (SSSR count). The molecule has 0 atom stereocenters. The number of nitrogens with zero attached hydrogens (tertiary/aromatic N) is 1. The van der Waals surface area contributed by atoms with Crippen LogP contribution in [0.4, 0.5) is 11.4 Å². The highest BCUT2D eigenvalue weighted by Crippen LogP contribution is 2.31. The number of aryl methyl sites for hydroxylation is 2. The van der Waals surface area contributed by atoms with Crippen LogP contribution in [0.5, 0.6) is 5.75 Å². The van der Waals surface area contributed by atoms with Crippen molar-refractivity contribution in [2.45, 2.75) is 33.1 Å². The van der Waals surface area contributed by atoms with Gasteiger partial charge in [-0.1, -0.05) is 12.1 Å². The Balaban J connectivity index is 1.63. The third-order valence-corrected chi connectivity index (χ3v) is 4.37. The van der Waals surface area contributed by atoms with Crippen LogP contribution in [0.25, 0.3) is 0 Å². The fourth-order valence-corrected chi connectivity index (χ4v) is 3.32. The van der Waals surface area contributed by atoms with E-state index in [0.717, 1.165) is 53.2 Å². The van der Waals surface area contributed by atoms with E-state index < -0.39 is 0 Å². The Morgan fingerprint density at radius 3 is 2.71 bits per heavy atom. The minimum absolute atomic E-state index is 0.0888. The normalized spacial score (nSPS) is 13.5. The maximum atomic E-state index is 12.6. The Morgan fingerprint density at radius 2 is 1.96 bits per heavy atom. The molecule has 4 nitrogen and oxygen atoms in total. The van der Waals surface area contributed by atoms with Crippen LogP contribution in [0.1, 0.15) is 29.5 Å². The Kier molecular flexibility index (Phi) is 4.74. The molecule has 2 N–H and O–H groups in total. The molecule has 24 heavy (non-hydrogen) atoms. The highest BCUT2D eigenvalue weighted by molar-refractivity contribution is 5.95. The summed E-state index contributed by atoms with van der Waals surface area (Å²) in [5.74, 6) is 0.912. The lowest BCUT2D eigenvalue weighted by Gasteiger charge is -2.30. The van der Waals surface area contributed by atoms with E-state index in [1.165, 1.54) is 0 Å². The standard InChI is InChI=1S/C20H24N2O2/c1-14-11-15(2)13-16(12-14)24-10-8-20(23)22-9-4-5-17-18(21)6-3-7-19(17)22/h3,6-7,11-13H,4-5,8-10,21H2,1-2H3. The van der Waals surface area contributed by atoms with Crippen molar-refractivity contribution in [3.8, 4) is 5.75 Å². The Morgan fingerprint density at radius 1 is 1.21 bits per heavy atom. The number of nitrogen functional groups attached to an aromatic ring is 1. The molecule has 0 radical (unpaired) electrons. The van der Waals surface area contributed by atoms with Gasteiger partial charge in [0.05, 0.1) is 13.0 Å². The first-order valence-corrected chi connectivity index (χ1v) is 8.43. The molecule has 0 bridgehead atoms. The van der Waals surface area contributed by atoms with E-state index in [-0.39, 0.29) is 5.91 Å². The second-order valence-electron chi connectivity index (χ2n) is 6.42. The van der Waals surface area contributed by atoms with E-state index in [0.29, 0.717) is 13.0 Å². The summed E-state index contributed by atoms with van der Waals surface area (Å²) in [5.41, 5.74) is 11.2. The zero-order valence-electron chi connectivity index (χ0n) is 14.3. The number of carbonyl (C=O) groups is 1. The molecule has 1 amide bonds. The summed E-state index contributed by atoms with van der Waals surface area (Å²) in [4.78, 5) is 14.4. The second kappa shape index (κ2) is 6.95. The van der Waals surface area contributed by atoms with Crippen molar-refractivity contribution in [2.75, 3.05) is 23.8 Å². The first-order valence-electron chi connectivity index (χ1n) is 8.43. The lowest BCUT2D eigenvalue weighted by molar-refractivity contribution is -0.119. The molecule has 0 unspecified atom stereocenters. The van der Waals surface area contributed by atoms with Gasteiger partial charge in [-0.05, 0) is 67.6 Å². The molecule has 0 saturated heterocycles. The molecule has 4 heteroatoms. The summed E-state index contributed by atoms with van der Waals surface area (Å²) >= 11 is 0. The van der Waals surface area contributed by atoms with E-state index in [9.17, 15) is 4.79 Å². The van der Waals surface area contributed by atoms with E-state index in [2.05, 4.69) is 6.07 Å². The predicted octanol–water partition coefficient (Wildman–Crippen LogP) is 3.63. The summed E-state index contributed by atoms with van der Waals surface area (Å²) < 4.78 is 5.77. The summed E-state index contributed by atoms with van der Waals surface area (Å²) in [7, 11) is 0. The molecule has 2 aromatic carbocycles. The number of benzene rings is 2. The maximum Gasteiger partial charge on any atom is 0.230 e. The van der Waals surface area contributed by atoms with Crippen molar-refractivity contribution in [3.63, 3.8) is 0 Å². The molecule has 1 aliphatic heterocycles. The van der Waals surface area contributed by atoms with Crippen LogP contribution < -0.4 is 15.4 Å². The minimum atomic E-state index is 0.0888. The predicted molar refractivity (Wildman–Crippen MR) is 97.6 cm³/mol. The number of hydrogen-bond donors (Lipinski definition) is 1. The molecule has 2 aromatic rings. The smallest absolute Gasteiger partial charge is 0.230 e. The average molecular weight is 324 g/mol. The number of fused-ring (bicyclic) bond motifs is 1. The molecule has 126 valence electrons. The van der Waals surface area contributed by atoms with Crippen LogP contribution in [-0.2, 0) is 11.2 Å². The van der Waals surface area contributed by atoms with Crippen molar-refractivity contribution in [3.05, 3.63) is 53.1 Å². The zero-order valence-corrected chi connectivity index (χ0v) is 14.3. The van der Waals surface area contributed by atoms with Gasteiger partial charge < -0.3 is 15.4 Å². The lowest BCUT2D eigenvalue weighted by atomic mass is 9.99. The number of rotatable bonds is 4. The van der Waals surface area contributed by atoms with E-state index in [1.54, 1.807) is 0 Å². The Hall–Kier alpha value is -2.49. The van der Waals surface area contributed by atoms with Gasteiger partial charge in [-0.3, -0.25) is 4.79 Å². The highest BCUT2D eigenvalue weighted by atomic mass is 16.5. The molecular formula is C20H24N2O2. The quantitative estimate of drug-likeness (QED) is 0.874. The van der Waals surface area contributed by atoms with Gasteiger partial charge >= 0.3 is 0 Å². The number of anilines is 2. The summed E-state index contributed by atoms with van der Waals surface area (Å²) in [6.45, 7) is 5.22. The summed E-state index contributed by atoms with van der Waals surface area (Å²) in [5, 5.41) is 0. The largest absolute Gasteiger partial charge is 0.493 e. The van der Waals surface area contributed by atoms with Crippen molar-refractivity contribution >= 4 is 17.3 Å². The third kappa shape index (κ3) is 3.53. The lowest BCUT2D eigenvalue weighted by Crippen LogP contribution is -2.36. The Labute approximate surface area is 143 Å². The molecule has 0 aliphatic carbocycles. The molecule has 1 aliphatic rings. The molecule has 0 aromatic heterocycles. The van der Waals surface area contributed by atoms with Crippen LogP contribution >= 0.6 is 0 Å². The number of ether oxygens (including phenoxy) is 1. The van der Waals surface area contributed by atoms with Gasteiger partial charge in [0.2, 0.25) is 5.91 Å². The molecule has 0 fully saturated rings. The average Bonchev–Trinajstić information content (AvgIpc) is 2.54. The zero-order chi connectivity index (χ0) is 17.1. The van der Waals surface area contributed by atoms with Crippen molar-refractivity contribution in [1.29, 1.82) is 0 Å². The fourth-order valence-electron chi connectivity index (χ4n) is 3.32. The molecule has 0 spiro atoms. The number of nitrogens with two attached hydrogens (primary N) is 1. The van der Waals surface area contributed by atoms with Crippen molar-refractivity contribution < 1.29 is 9.53 Å². The Bertz CT molecular complexity index is 735. The first-order chi connectivity index (χ1) is 11.5. The summed E-state index contributed by atoms with van der Waals surface area (Å²) in [6, 6.07) is 11.9. The second-order valence-corrected chi connectivity index (χ2v) is 6.42. The molecule has 0 saturated carbocycles. The van der Waals surface area contributed by atoms with Gasteiger partial charge in [0.15, 0.2) is 0 Å². The number of hydrogen-bond acceptors (Lipinski definition) is 3. The maximum absolute atomic E-state index is 12.6. The van der Waals surface area contributed by atoms with E-state index in [4.69, 9.17) is 10.5 Å². The number of amides is 1. The topological polar surface area (TPSA) is 55.6 Å². The van der Waals surface area contributed by atoms with Crippen LogP contribution in [-0.4, -0.2) is 19.1 Å². The van der Waals surface area contributed by atoms with Gasteiger partial charge in [-0.15, -0.1) is 0 Å². The van der Waals surface area contributed by atoms with E-state index in [1.807, 2.05) is 49.1 Å². The van der Waals surface area contributed by atoms with Crippen LogP contribution in [0.15, 0.2) is 36.4 Å². The fraction of sp³-hybridized carbons (Fsp3) is 0.350. The van der Waals surface area contributed by atoms with Gasteiger partial charge in [-0.2, -0.15) is 0 Å². The SMILES string of the molecule is Cc1cc(C)cc(OCCC(=O)N2CCCc3c(N)cccc32)c1. The minimum Gasteiger partial charge on any atom is -0.493 e. The van der Waals surface area contributed by atoms with Crippen LogP contribution in [0, 0.1) is 13.8 Å². The van der Waals surface area contributed by atoms with Crippen molar-refractivity contribution in [1.82, 2.24) is 0 Å². The van der Waals surface area contributed by atoms with Crippen LogP contribution in [0.2, 0.25) is 0 Å². The third-order valence-electron chi connectivity index (χ3n) is 4.37. The van der Waals surface area contributed by atoms with Gasteiger partial charge in [0, 0.05) is 17.9 Å². The summed E-state index contributed by atoms with van der Waals surface area (Å²) in [6.07, 6.45) is 2.25. The monoisotopic (exact) mass is 324 g/mol. The molecular weight excluding hydrogens is 300 g/mol. The van der Waals surface area contributed by atoms with Crippen molar-refractivity contribution in [2.24, 2.45) is 0 Å². The van der Waals surface area contributed by atoms with E-state index >= 15 is 0 Å². The van der Waals surface area contributed by atoms with Crippen LogP contribution in [0.3, 0.4) is 0 Å². The molecule has 1 heterocycles. The number of carbonyl (C=O) groups excluding carboxylic acids is 1.